The molecule has 0 aliphatic rings. The Kier molecular flexibility index (Phi) is 4.50. The fraction of sp³-hybridized carbons (Fsp3) is 0.308. The molecule has 0 amide bonds. The van der Waals surface area contributed by atoms with Crippen molar-refractivity contribution in [3.8, 4) is 0 Å². The average molecular weight is 232 g/mol. The summed E-state index contributed by atoms with van der Waals surface area (Å²) in [4.78, 5) is 5.39. The molecule has 1 heterocycles. The Morgan fingerprint density at radius 3 is 2.75 bits per heavy atom. The van der Waals surface area contributed by atoms with E-state index in [1.807, 2.05) is 30.5 Å². The van der Waals surface area contributed by atoms with Crippen LogP contribution in [0.2, 0.25) is 0 Å². The molecule has 2 nitrogen and oxygen atoms in total. The van der Waals surface area contributed by atoms with Gasteiger partial charge in [-0.05, 0) is 30.7 Å². The van der Waals surface area contributed by atoms with E-state index in [0.717, 1.165) is 6.54 Å². The van der Waals surface area contributed by atoms with Gasteiger partial charge in [0.15, 0.2) is 0 Å². The van der Waals surface area contributed by atoms with Crippen molar-refractivity contribution in [3.05, 3.63) is 49.1 Å². The summed E-state index contributed by atoms with van der Waals surface area (Å²) in [6.07, 6.45) is 8.20. The van der Waals surface area contributed by atoms with E-state index in [1.165, 1.54) is 23.5 Å². The first-order valence-corrected chi connectivity index (χ1v) is 6.57. The fourth-order valence-electron chi connectivity index (χ4n) is 1.52. The van der Waals surface area contributed by atoms with Crippen LogP contribution in [0.3, 0.4) is 0 Å². The van der Waals surface area contributed by atoms with Crippen molar-refractivity contribution in [2.24, 2.45) is 0 Å². The van der Waals surface area contributed by atoms with E-state index in [1.54, 1.807) is 0 Å². The van der Waals surface area contributed by atoms with Crippen LogP contribution < -0.4 is 0 Å². The lowest BCUT2D eigenvalue weighted by Gasteiger charge is -2.02. The number of benzene rings is 1. The molecule has 0 saturated carbocycles. The minimum absolute atomic E-state index is 1.08. The first-order chi connectivity index (χ1) is 7.95. The highest BCUT2D eigenvalue weighted by molar-refractivity contribution is 7.99. The Bertz CT molecular complexity index is 384. The molecule has 16 heavy (non-hydrogen) atoms. The van der Waals surface area contributed by atoms with E-state index in [0.29, 0.717) is 0 Å². The lowest BCUT2D eigenvalue weighted by molar-refractivity contribution is 0.634. The Labute approximate surface area is 101 Å². The van der Waals surface area contributed by atoms with Gasteiger partial charge >= 0.3 is 0 Å². The molecule has 1 aromatic heterocycles. The van der Waals surface area contributed by atoms with Crippen molar-refractivity contribution in [1.29, 1.82) is 0 Å². The highest BCUT2D eigenvalue weighted by atomic mass is 32.2. The van der Waals surface area contributed by atoms with Gasteiger partial charge in [0.2, 0.25) is 0 Å². The number of nitrogens with zero attached hydrogens (tertiary/aromatic N) is 2. The highest BCUT2D eigenvalue weighted by Gasteiger charge is 1.94. The molecular weight excluding hydrogens is 216 g/mol. The smallest absolute Gasteiger partial charge is 0.0945 e. The quantitative estimate of drug-likeness (QED) is 0.561. The normalized spacial score (nSPS) is 10.5. The minimum Gasteiger partial charge on any atom is -0.337 e. The molecule has 0 bridgehead atoms. The molecule has 0 aliphatic heterocycles. The monoisotopic (exact) mass is 232 g/mol. The predicted molar refractivity (Wildman–Crippen MR) is 68.6 cm³/mol. The number of hydrogen-bond acceptors (Lipinski definition) is 2. The van der Waals surface area contributed by atoms with Crippen molar-refractivity contribution in [2.45, 2.75) is 24.3 Å². The third-order valence-electron chi connectivity index (χ3n) is 2.38. The Morgan fingerprint density at radius 1 is 1.12 bits per heavy atom. The van der Waals surface area contributed by atoms with E-state index < -0.39 is 0 Å². The van der Waals surface area contributed by atoms with E-state index in [4.69, 9.17) is 0 Å². The summed E-state index contributed by atoms with van der Waals surface area (Å²) in [7, 11) is 0. The maximum Gasteiger partial charge on any atom is 0.0945 e. The zero-order chi connectivity index (χ0) is 11.1. The van der Waals surface area contributed by atoms with Crippen molar-refractivity contribution >= 4 is 11.8 Å². The topological polar surface area (TPSA) is 17.8 Å². The SMILES string of the molecule is c1ccc(SCCCCn2ccnc2)cc1. The highest BCUT2D eigenvalue weighted by Crippen LogP contribution is 2.18. The second-order valence-corrected chi connectivity index (χ2v) is 4.84. The van der Waals surface area contributed by atoms with Crippen LogP contribution in [-0.2, 0) is 6.54 Å². The Hall–Kier alpha value is -1.22. The summed E-state index contributed by atoms with van der Waals surface area (Å²) in [6.45, 7) is 1.08. The van der Waals surface area contributed by atoms with Gasteiger partial charge in [0.1, 0.15) is 0 Å². The second-order valence-electron chi connectivity index (χ2n) is 3.67. The molecule has 2 rings (SSSR count). The van der Waals surface area contributed by atoms with Crippen molar-refractivity contribution < 1.29 is 0 Å². The van der Waals surface area contributed by atoms with Crippen LogP contribution in [0.25, 0.3) is 0 Å². The van der Waals surface area contributed by atoms with Crippen LogP contribution in [0.15, 0.2) is 53.9 Å². The number of unbranched alkanes of at least 4 members (excludes halogenated alkanes) is 1. The summed E-state index contributed by atoms with van der Waals surface area (Å²) < 4.78 is 2.13. The maximum atomic E-state index is 4.03. The van der Waals surface area contributed by atoms with Gasteiger partial charge in [0, 0.05) is 23.8 Å². The third-order valence-corrected chi connectivity index (χ3v) is 3.48. The van der Waals surface area contributed by atoms with Crippen LogP contribution in [0.4, 0.5) is 0 Å². The standard InChI is InChI=1S/C13H16N2S/c1-2-6-13(7-3-1)16-11-5-4-9-15-10-8-14-12-15/h1-3,6-8,10,12H,4-5,9,11H2. The predicted octanol–water partition coefficient (Wildman–Crippen LogP) is 3.46. The molecule has 0 atom stereocenters. The van der Waals surface area contributed by atoms with Gasteiger partial charge in [-0.15, -0.1) is 11.8 Å². The van der Waals surface area contributed by atoms with Crippen LogP contribution in [0, 0.1) is 0 Å². The van der Waals surface area contributed by atoms with Crippen LogP contribution >= 0.6 is 11.8 Å². The van der Waals surface area contributed by atoms with Gasteiger partial charge < -0.3 is 4.57 Å². The lowest BCUT2D eigenvalue weighted by Crippen LogP contribution is -1.94. The molecule has 0 N–H and O–H groups in total. The van der Waals surface area contributed by atoms with E-state index in [2.05, 4.69) is 39.9 Å². The number of aryl methyl sites for hydroxylation is 1. The average Bonchev–Trinajstić information content (AvgIpc) is 2.83. The van der Waals surface area contributed by atoms with Gasteiger partial charge in [-0.1, -0.05) is 18.2 Å². The van der Waals surface area contributed by atoms with Crippen molar-refractivity contribution in [1.82, 2.24) is 9.55 Å². The maximum absolute atomic E-state index is 4.03. The Balaban J connectivity index is 1.59. The van der Waals surface area contributed by atoms with E-state index in [9.17, 15) is 0 Å². The number of imidazole rings is 1. The number of aromatic nitrogens is 2. The van der Waals surface area contributed by atoms with Crippen molar-refractivity contribution in [3.63, 3.8) is 0 Å². The molecule has 0 unspecified atom stereocenters. The zero-order valence-electron chi connectivity index (χ0n) is 9.25. The van der Waals surface area contributed by atoms with E-state index >= 15 is 0 Å². The Morgan fingerprint density at radius 2 is 2.00 bits per heavy atom. The lowest BCUT2D eigenvalue weighted by atomic mass is 10.3. The van der Waals surface area contributed by atoms with Crippen LogP contribution in [0.5, 0.6) is 0 Å². The molecule has 0 aliphatic carbocycles. The van der Waals surface area contributed by atoms with Gasteiger partial charge in [0.05, 0.1) is 6.33 Å². The molecule has 0 spiro atoms. The van der Waals surface area contributed by atoms with Gasteiger partial charge in [-0.3, -0.25) is 0 Å². The summed E-state index contributed by atoms with van der Waals surface area (Å²) in [5, 5.41) is 0. The van der Waals surface area contributed by atoms with Gasteiger partial charge in [-0.25, -0.2) is 4.98 Å². The summed E-state index contributed by atoms with van der Waals surface area (Å²) in [5.41, 5.74) is 0. The molecule has 0 saturated heterocycles. The van der Waals surface area contributed by atoms with Gasteiger partial charge in [0.25, 0.3) is 0 Å². The van der Waals surface area contributed by atoms with Crippen LogP contribution in [-0.4, -0.2) is 15.3 Å². The number of rotatable bonds is 6. The summed E-state index contributed by atoms with van der Waals surface area (Å²) in [5.74, 6) is 1.19. The largest absolute Gasteiger partial charge is 0.337 e. The van der Waals surface area contributed by atoms with Crippen LogP contribution in [0.1, 0.15) is 12.8 Å². The molecule has 2 aromatic rings. The number of thioether (sulfide) groups is 1. The number of hydrogen-bond donors (Lipinski definition) is 0. The molecule has 0 fully saturated rings. The minimum atomic E-state index is 1.08. The van der Waals surface area contributed by atoms with Gasteiger partial charge in [-0.2, -0.15) is 0 Å². The fourth-order valence-corrected chi connectivity index (χ4v) is 2.46. The molecule has 84 valence electrons. The third kappa shape index (κ3) is 3.74. The first-order valence-electron chi connectivity index (χ1n) is 5.59. The first kappa shape index (κ1) is 11.3. The second kappa shape index (κ2) is 6.38. The molecule has 0 radical (unpaired) electrons. The molecule has 3 heteroatoms. The zero-order valence-corrected chi connectivity index (χ0v) is 10.1. The molecule has 1 aromatic carbocycles. The summed E-state index contributed by atoms with van der Waals surface area (Å²) in [6, 6.07) is 10.6. The van der Waals surface area contributed by atoms with E-state index in [-0.39, 0.29) is 0 Å². The van der Waals surface area contributed by atoms with Crippen molar-refractivity contribution in [2.75, 3.05) is 5.75 Å². The molecular formula is C13H16N2S. The summed E-state index contributed by atoms with van der Waals surface area (Å²) >= 11 is 1.93.